The number of fused-ring (bicyclic) bond motifs is 1. The fourth-order valence-corrected chi connectivity index (χ4v) is 1.93. The van der Waals surface area contributed by atoms with Crippen LogP contribution in [0.15, 0.2) is 35.5 Å². The van der Waals surface area contributed by atoms with Crippen LogP contribution in [0.2, 0.25) is 0 Å². The Morgan fingerprint density at radius 1 is 1.12 bits per heavy atom. The van der Waals surface area contributed by atoms with E-state index >= 15 is 0 Å². The lowest BCUT2D eigenvalue weighted by Gasteiger charge is -1.97. The predicted octanol–water partition coefficient (Wildman–Crippen LogP) is 1.89. The lowest BCUT2D eigenvalue weighted by molar-refractivity contribution is 0.768. The third-order valence-electron chi connectivity index (χ3n) is 2.36. The summed E-state index contributed by atoms with van der Waals surface area (Å²) in [6.07, 6.45) is 9.14. The zero-order valence-corrected chi connectivity index (χ0v) is 10.1. The van der Waals surface area contributed by atoms with Crippen LogP contribution in [-0.4, -0.2) is 24.4 Å². The van der Waals surface area contributed by atoms with E-state index in [2.05, 4.69) is 31.1 Å². The maximum Gasteiger partial charge on any atom is 0.0987 e. The molecule has 16 heavy (non-hydrogen) atoms. The van der Waals surface area contributed by atoms with Gasteiger partial charge < -0.3 is 0 Å². The van der Waals surface area contributed by atoms with Gasteiger partial charge in [-0.2, -0.15) is 10.2 Å². The third kappa shape index (κ3) is 1.42. The minimum Gasteiger partial charge on any atom is -0.275 e. The van der Waals surface area contributed by atoms with E-state index in [-0.39, 0.29) is 0 Å². The zero-order chi connectivity index (χ0) is 11.1. The van der Waals surface area contributed by atoms with Crippen molar-refractivity contribution in [1.82, 2.24) is 24.4 Å². The standard InChI is InChI=1S/C10H8BrN5/c1-15-5-7(2-13-15)9-6-16-10(4-12-9)8(11)3-14-16/h2-6H,1H3. The van der Waals surface area contributed by atoms with E-state index in [0.29, 0.717) is 0 Å². The first-order valence-corrected chi connectivity index (χ1v) is 5.51. The van der Waals surface area contributed by atoms with E-state index in [1.807, 2.05) is 19.4 Å². The molecule has 0 atom stereocenters. The van der Waals surface area contributed by atoms with Crippen LogP contribution >= 0.6 is 15.9 Å². The van der Waals surface area contributed by atoms with E-state index in [4.69, 9.17) is 0 Å². The van der Waals surface area contributed by atoms with Crippen molar-refractivity contribution in [3.63, 3.8) is 0 Å². The first kappa shape index (κ1) is 9.53. The van der Waals surface area contributed by atoms with Gasteiger partial charge >= 0.3 is 0 Å². The largest absolute Gasteiger partial charge is 0.275 e. The molecule has 0 aromatic carbocycles. The highest BCUT2D eigenvalue weighted by atomic mass is 79.9. The monoisotopic (exact) mass is 277 g/mol. The smallest absolute Gasteiger partial charge is 0.0987 e. The van der Waals surface area contributed by atoms with Crippen LogP contribution in [-0.2, 0) is 7.05 Å². The Morgan fingerprint density at radius 3 is 2.75 bits per heavy atom. The summed E-state index contributed by atoms with van der Waals surface area (Å²) >= 11 is 3.41. The van der Waals surface area contributed by atoms with Crippen molar-refractivity contribution >= 4 is 21.4 Å². The molecule has 0 spiro atoms. The van der Waals surface area contributed by atoms with E-state index in [9.17, 15) is 0 Å². The summed E-state index contributed by atoms with van der Waals surface area (Å²) in [7, 11) is 1.88. The Labute approximate surface area is 99.9 Å². The van der Waals surface area contributed by atoms with Crippen molar-refractivity contribution in [2.24, 2.45) is 7.05 Å². The number of halogens is 1. The number of rotatable bonds is 1. The number of nitrogens with zero attached hydrogens (tertiary/aromatic N) is 5. The minimum absolute atomic E-state index is 0.858. The van der Waals surface area contributed by atoms with Crippen LogP contribution in [0.1, 0.15) is 0 Å². The molecule has 80 valence electrons. The van der Waals surface area contributed by atoms with Crippen molar-refractivity contribution in [2.45, 2.75) is 0 Å². The molecule has 3 aromatic rings. The molecule has 3 rings (SSSR count). The first-order chi connectivity index (χ1) is 7.74. The van der Waals surface area contributed by atoms with Crippen molar-refractivity contribution in [2.75, 3.05) is 0 Å². The number of hydrogen-bond donors (Lipinski definition) is 0. The summed E-state index contributed by atoms with van der Waals surface area (Å²) in [5.41, 5.74) is 2.79. The summed E-state index contributed by atoms with van der Waals surface area (Å²) in [5.74, 6) is 0. The predicted molar refractivity (Wildman–Crippen MR) is 62.9 cm³/mol. The van der Waals surface area contributed by atoms with Gasteiger partial charge in [-0.25, -0.2) is 4.52 Å². The molecule has 0 unspecified atom stereocenters. The van der Waals surface area contributed by atoms with Crippen LogP contribution in [0.3, 0.4) is 0 Å². The SMILES string of the molecule is Cn1cc(-c2cn3ncc(Br)c3cn2)cn1. The number of aromatic nitrogens is 5. The second kappa shape index (κ2) is 3.41. The summed E-state index contributed by atoms with van der Waals surface area (Å²) in [4.78, 5) is 4.38. The Morgan fingerprint density at radius 2 is 2.00 bits per heavy atom. The maximum absolute atomic E-state index is 4.38. The summed E-state index contributed by atoms with van der Waals surface area (Å²) < 4.78 is 4.48. The van der Waals surface area contributed by atoms with Gasteiger partial charge in [0.05, 0.1) is 40.5 Å². The number of hydrogen-bond acceptors (Lipinski definition) is 3. The average molecular weight is 278 g/mol. The average Bonchev–Trinajstić information content (AvgIpc) is 2.86. The van der Waals surface area contributed by atoms with Crippen LogP contribution in [0, 0.1) is 0 Å². The molecule has 0 amide bonds. The normalized spacial score (nSPS) is 11.1. The molecule has 0 radical (unpaired) electrons. The van der Waals surface area contributed by atoms with Gasteiger partial charge in [0.2, 0.25) is 0 Å². The highest BCUT2D eigenvalue weighted by Crippen LogP contribution is 2.20. The molecule has 0 bridgehead atoms. The van der Waals surface area contributed by atoms with Crippen molar-refractivity contribution in [1.29, 1.82) is 0 Å². The van der Waals surface area contributed by atoms with Crippen LogP contribution in [0.4, 0.5) is 0 Å². The van der Waals surface area contributed by atoms with Crippen LogP contribution < -0.4 is 0 Å². The van der Waals surface area contributed by atoms with Gasteiger partial charge in [0, 0.05) is 18.8 Å². The molecular weight excluding hydrogens is 270 g/mol. The van der Waals surface area contributed by atoms with Crippen LogP contribution in [0.25, 0.3) is 16.8 Å². The first-order valence-electron chi connectivity index (χ1n) is 4.72. The molecule has 0 aliphatic rings. The summed E-state index contributed by atoms with van der Waals surface area (Å²) in [6, 6.07) is 0. The van der Waals surface area contributed by atoms with Crippen molar-refractivity contribution < 1.29 is 0 Å². The second-order valence-electron chi connectivity index (χ2n) is 3.50. The molecule has 0 N–H and O–H groups in total. The van der Waals surface area contributed by atoms with E-state index < -0.39 is 0 Å². The molecule has 0 fully saturated rings. The van der Waals surface area contributed by atoms with Crippen molar-refractivity contribution in [3.05, 3.63) is 35.5 Å². The van der Waals surface area contributed by atoms with E-state index in [1.165, 1.54) is 0 Å². The topological polar surface area (TPSA) is 48.0 Å². The molecule has 0 aliphatic heterocycles. The molecule has 0 saturated carbocycles. The zero-order valence-electron chi connectivity index (χ0n) is 8.50. The summed E-state index contributed by atoms with van der Waals surface area (Å²) in [5, 5.41) is 8.33. The lowest BCUT2D eigenvalue weighted by Crippen LogP contribution is -1.91. The molecular formula is C10H8BrN5. The third-order valence-corrected chi connectivity index (χ3v) is 2.97. The summed E-state index contributed by atoms with van der Waals surface area (Å²) in [6.45, 7) is 0. The maximum atomic E-state index is 4.38. The molecule has 0 aliphatic carbocycles. The number of aryl methyl sites for hydroxylation is 1. The van der Waals surface area contributed by atoms with Gasteiger partial charge in [-0.05, 0) is 15.9 Å². The molecule has 0 saturated heterocycles. The van der Waals surface area contributed by atoms with Gasteiger partial charge in [-0.15, -0.1) is 0 Å². The fourth-order valence-electron chi connectivity index (χ4n) is 1.56. The second-order valence-corrected chi connectivity index (χ2v) is 4.35. The van der Waals surface area contributed by atoms with E-state index in [1.54, 1.807) is 27.8 Å². The van der Waals surface area contributed by atoms with Gasteiger partial charge in [-0.1, -0.05) is 0 Å². The van der Waals surface area contributed by atoms with Gasteiger partial charge in [0.25, 0.3) is 0 Å². The fraction of sp³-hybridized carbons (Fsp3) is 0.100. The highest BCUT2D eigenvalue weighted by molar-refractivity contribution is 9.10. The Kier molecular flexibility index (Phi) is 2.03. The Hall–Kier alpha value is -1.69. The van der Waals surface area contributed by atoms with Gasteiger partial charge in [-0.3, -0.25) is 9.67 Å². The lowest BCUT2D eigenvalue weighted by atomic mass is 10.3. The van der Waals surface area contributed by atoms with Gasteiger partial charge in [0.15, 0.2) is 0 Å². The minimum atomic E-state index is 0.858. The molecule has 3 aromatic heterocycles. The Balaban J connectivity index is 2.18. The van der Waals surface area contributed by atoms with Gasteiger partial charge in [0.1, 0.15) is 0 Å². The quantitative estimate of drug-likeness (QED) is 0.683. The van der Waals surface area contributed by atoms with Crippen molar-refractivity contribution in [3.8, 4) is 11.3 Å². The molecule has 3 heterocycles. The van der Waals surface area contributed by atoms with E-state index in [0.717, 1.165) is 21.2 Å². The highest BCUT2D eigenvalue weighted by Gasteiger charge is 2.06. The Bertz CT molecular complexity index is 654. The molecule has 6 heteroatoms. The van der Waals surface area contributed by atoms with Crippen LogP contribution in [0.5, 0.6) is 0 Å². The molecule has 5 nitrogen and oxygen atoms in total.